The van der Waals surface area contributed by atoms with Gasteiger partial charge in [0.15, 0.2) is 0 Å². The number of aromatic nitrogens is 1. The number of aliphatic hydroxyl groups is 1. The average Bonchev–Trinajstić information content (AvgIpc) is 2.28. The molecule has 0 bridgehead atoms. The van der Waals surface area contributed by atoms with Gasteiger partial charge in [-0.15, -0.1) is 0 Å². The fraction of sp³-hybridized carbons (Fsp3) is 0.200. The maximum absolute atomic E-state index is 11.2. The minimum Gasteiger partial charge on any atom is -0.502 e. The van der Waals surface area contributed by atoms with E-state index in [1.807, 2.05) is 0 Å². The second-order valence-corrected chi connectivity index (χ2v) is 3.40. The maximum Gasteiger partial charge on any atom is 0.373 e. The summed E-state index contributed by atoms with van der Waals surface area (Å²) in [6.07, 6.45) is 2.13. The second kappa shape index (κ2) is 5.97. The lowest BCUT2D eigenvalue weighted by Gasteiger charge is -2.01. The van der Waals surface area contributed by atoms with Crippen molar-refractivity contribution in [2.45, 2.75) is 6.92 Å². The molecule has 8 heteroatoms. The minimum atomic E-state index is -0.972. The first kappa shape index (κ1) is 13.9. The zero-order chi connectivity index (χ0) is 13.7. The standard InChI is InChI=1S/C10H9ClN2O5/c1-2-18-10(15)7(14)5-6-3-4-12-9(11)8(6)13(16)17/h3-5,14H,2H2,1H3/b7-5-. The van der Waals surface area contributed by atoms with E-state index in [0.29, 0.717) is 0 Å². The summed E-state index contributed by atoms with van der Waals surface area (Å²) in [6.45, 7) is 1.65. The molecule has 0 aliphatic rings. The van der Waals surface area contributed by atoms with Gasteiger partial charge >= 0.3 is 11.7 Å². The van der Waals surface area contributed by atoms with Gasteiger partial charge in [-0.1, -0.05) is 11.6 Å². The van der Waals surface area contributed by atoms with E-state index in [1.54, 1.807) is 6.92 Å². The molecule has 7 nitrogen and oxygen atoms in total. The summed E-state index contributed by atoms with van der Waals surface area (Å²) in [5.41, 5.74) is -0.527. The Kier molecular flexibility index (Phi) is 4.61. The zero-order valence-corrected chi connectivity index (χ0v) is 10.0. The smallest absolute Gasteiger partial charge is 0.373 e. The van der Waals surface area contributed by atoms with Crippen LogP contribution in [0.4, 0.5) is 5.69 Å². The van der Waals surface area contributed by atoms with E-state index >= 15 is 0 Å². The van der Waals surface area contributed by atoms with Crippen molar-refractivity contribution in [2.75, 3.05) is 6.61 Å². The molecular formula is C10H9ClN2O5. The van der Waals surface area contributed by atoms with Crippen LogP contribution in [0.25, 0.3) is 6.08 Å². The quantitative estimate of drug-likeness (QED) is 0.225. The van der Waals surface area contributed by atoms with Crippen LogP contribution in [-0.2, 0) is 9.53 Å². The molecule has 0 saturated heterocycles. The molecule has 18 heavy (non-hydrogen) atoms. The Balaban J connectivity index is 3.18. The van der Waals surface area contributed by atoms with Gasteiger partial charge in [-0.05, 0) is 13.0 Å². The Morgan fingerprint density at radius 2 is 2.39 bits per heavy atom. The molecule has 0 amide bonds. The molecule has 0 atom stereocenters. The number of carbonyl (C=O) groups excluding carboxylic acids is 1. The Morgan fingerprint density at radius 1 is 1.72 bits per heavy atom. The van der Waals surface area contributed by atoms with E-state index < -0.39 is 22.3 Å². The number of pyridine rings is 1. The Labute approximate surface area is 107 Å². The molecule has 1 aromatic rings. The van der Waals surface area contributed by atoms with Crippen molar-refractivity contribution in [3.05, 3.63) is 38.9 Å². The van der Waals surface area contributed by atoms with Gasteiger partial charge in [0.1, 0.15) is 0 Å². The molecule has 0 unspecified atom stereocenters. The normalized spacial score (nSPS) is 11.1. The van der Waals surface area contributed by atoms with Crippen LogP contribution in [0.2, 0.25) is 5.15 Å². The van der Waals surface area contributed by atoms with Crippen LogP contribution in [0.15, 0.2) is 18.0 Å². The Hall–Kier alpha value is -2.15. The van der Waals surface area contributed by atoms with Crippen LogP contribution in [0.1, 0.15) is 12.5 Å². The summed E-state index contributed by atoms with van der Waals surface area (Å²) < 4.78 is 4.53. The molecule has 0 fully saturated rings. The van der Waals surface area contributed by atoms with Crippen molar-refractivity contribution in [2.24, 2.45) is 0 Å². The van der Waals surface area contributed by atoms with Crippen LogP contribution in [0.3, 0.4) is 0 Å². The molecule has 1 N–H and O–H groups in total. The Bertz CT molecular complexity index is 515. The predicted octanol–water partition coefficient (Wildman–Crippen LogP) is 2.11. The molecular weight excluding hydrogens is 264 g/mol. The number of nitro groups is 1. The molecule has 0 spiro atoms. The van der Waals surface area contributed by atoms with Gasteiger partial charge < -0.3 is 9.84 Å². The number of ether oxygens (including phenoxy) is 1. The van der Waals surface area contributed by atoms with Crippen LogP contribution < -0.4 is 0 Å². The number of esters is 1. The van der Waals surface area contributed by atoms with E-state index in [4.69, 9.17) is 11.6 Å². The van der Waals surface area contributed by atoms with Crippen molar-refractivity contribution in [1.82, 2.24) is 4.98 Å². The highest BCUT2D eigenvalue weighted by Gasteiger charge is 2.20. The van der Waals surface area contributed by atoms with Crippen LogP contribution in [0, 0.1) is 10.1 Å². The topological polar surface area (TPSA) is 103 Å². The van der Waals surface area contributed by atoms with Crippen molar-refractivity contribution in [3.63, 3.8) is 0 Å². The summed E-state index contributed by atoms with van der Waals surface area (Å²) in [5.74, 6) is -1.72. The molecule has 0 radical (unpaired) electrons. The first-order chi connectivity index (χ1) is 8.47. The van der Waals surface area contributed by atoms with E-state index in [2.05, 4.69) is 9.72 Å². The highest BCUT2D eigenvalue weighted by molar-refractivity contribution is 6.31. The number of nitrogens with zero attached hydrogens (tertiary/aromatic N) is 2. The minimum absolute atomic E-state index is 0.0365. The summed E-state index contributed by atoms with van der Waals surface area (Å²) in [7, 11) is 0. The highest BCUT2D eigenvalue weighted by Crippen LogP contribution is 2.27. The fourth-order valence-corrected chi connectivity index (χ4v) is 1.39. The molecule has 0 aromatic carbocycles. The third kappa shape index (κ3) is 3.17. The van der Waals surface area contributed by atoms with Gasteiger partial charge in [0.2, 0.25) is 10.9 Å². The number of rotatable bonds is 4. The first-order valence-electron chi connectivity index (χ1n) is 4.84. The summed E-state index contributed by atoms with van der Waals surface area (Å²) >= 11 is 5.57. The number of hydrogen-bond acceptors (Lipinski definition) is 6. The lowest BCUT2D eigenvalue weighted by Crippen LogP contribution is -2.07. The Morgan fingerprint density at radius 3 is 2.94 bits per heavy atom. The monoisotopic (exact) mass is 272 g/mol. The van der Waals surface area contributed by atoms with Crippen LogP contribution in [-0.4, -0.2) is 27.6 Å². The number of hydrogen-bond donors (Lipinski definition) is 1. The summed E-state index contributed by atoms with van der Waals surface area (Å²) in [6, 6.07) is 1.25. The molecule has 1 rings (SSSR count). The van der Waals surface area contributed by atoms with Crippen molar-refractivity contribution >= 4 is 29.3 Å². The van der Waals surface area contributed by atoms with Crippen LogP contribution >= 0.6 is 11.6 Å². The molecule has 0 saturated carbocycles. The fourth-order valence-electron chi connectivity index (χ4n) is 1.15. The number of halogens is 1. The SMILES string of the molecule is CCOC(=O)/C(O)=C/c1ccnc(Cl)c1[N+](=O)[O-]. The largest absolute Gasteiger partial charge is 0.502 e. The predicted molar refractivity (Wildman–Crippen MR) is 63.1 cm³/mol. The zero-order valence-electron chi connectivity index (χ0n) is 9.29. The van der Waals surface area contributed by atoms with Crippen molar-refractivity contribution in [1.29, 1.82) is 0 Å². The maximum atomic E-state index is 11.2. The molecule has 0 aliphatic heterocycles. The van der Waals surface area contributed by atoms with E-state index in [9.17, 15) is 20.0 Å². The van der Waals surface area contributed by atoms with E-state index in [-0.39, 0.29) is 17.3 Å². The third-order valence-corrected chi connectivity index (χ3v) is 2.15. The van der Waals surface area contributed by atoms with E-state index in [1.165, 1.54) is 12.3 Å². The van der Waals surface area contributed by atoms with Gasteiger partial charge in [0, 0.05) is 12.3 Å². The third-order valence-electron chi connectivity index (χ3n) is 1.87. The van der Waals surface area contributed by atoms with Gasteiger partial charge in [-0.25, -0.2) is 9.78 Å². The number of aliphatic hydroxyl groups excluding tert-OH is 1. The lowest BCUT2D eigenvalue weighted by atomic mass is 10.2. The summed E-state index contributed by atoms with van der Waals surface area (Å²) in [5, 5.41) is 19.8. The lowest BCUT2D eigenvalue weighted by molar-refractivity contribution is -0.385. The molecule has 1 heterocycles. The summed E-state index contributed by atoms with van der Waals surface area (Å²) in [4.78, 5) is 24.7. The first-order valence-corrected chi connectivity index (χ1v) is 5.21. The highest BCUT2D eigenvalue weighted by atomic mass is 35.5. The number of carbonyl (C=O) groups is 1. The van der Waals surface area contributed by atoms with Gasteiger partial charge in [-0.2, -0.15) is 0 Å². The molecule has 96 valence electrons. The van der Waals surface area contributed by atoms with Crippen molar-refractivity contribution in [3.8, 4) is 0 Å². The van der Waals surface area contributed by atoms with Crippen molar-refractivity contribution < 1.29 is 19.6 Å². The van der Waals surface area contributed by atoms with Crippen LogP contribution in [0.5, 0.6) is 0 Å². The molecule has 1 aromatic heterocycles. The average molecular weight is 273 g/mol. The molecule has 0 aliphatic carbocycles. The van der Waals surface area contributed by atoms with Gasteiger partial charge in [-0.3, -0.25) is 10.1 Å². The van der Waals surface area contributed by atoms with Gasteiger partial charge in [0.05, 0.1) is 17.1 Å². The second-order valence-electron chi connectivity index (χ2n) is 3.05. The van der Waals surface area contributed by atoms with E-state index in [0.717, 1.165) is 6.08 Å². The van der Waals surface area contributed by atoms with Gasteiger partial charge in [0.25, 0.3) is 0 Å².